The number of nitriles is 1. The minimum atomic E-state index is -0.908. The van der Waals surface area contributed by atoms with E-state index in [1.54, 1.807) is 0 Å². The van der Waals surface area contributed by atoms with Gasteiger partial charge in [-0.3, -0.25) is 0 Å². The van der Waals surface area contributed by atoms with Crippen LogP contribution in [-0.4, -0.2) is 22.8 Å². The summed E-state index contributed by atoms with van der Waals surface area (Å²) in [4.78, 5) is 0. The lowest BCUT2D eigenvalue weighted by atomic mass is 10.0. The van der Waals surface area contributed by atoms with Gasteiger partial charge in [-0.15, -0.1) is 5.10 Å². The normalized spacial score (nSPS) is 19.3. The zero-order chi connectivity index (χ0) is 18.7. The number of benzene rings is 1. The smallest absolute Gasteiger partial charge is 0.167 e. The minimum Gasteiger partial charge on any atom is -0.371 e. The van der Waals surface area contributed by atoms with Gasteiger partial charge in [0.15, 0.2) is 17.5 Å². The van der Waals surface area contributed by atoms with Crippen LogP contribution in [0.5, 0.6) is 0 Å². The molecule has 136 valence electrons. The first-order chi connectivity index (χ1) is 12.6. The molecule has 5 nitrogen and oxygen atoms in total. The molecule has 1 aromatic carbocycles. The summed E-state index contributed by atoms with van der Waals surface area (Å²) in [5.74, 6) is -1.39. The molecular weight excluding hydrogens is 338 g/mol. The fraction of sp³-hybridized carbons (Fsp3) is 0.421. The van der Waals surface area contributed by atoms with Gasteiger partial charge in [-0.05, 0) is 42.5 Å². The second-order valence-corrected chi connectivity index (χ2v) is 6.17. The van der Waals surface area contributed by atoms with Gasteiger partial charge in [0.2, 0.25) is 0 Å². The van der Waals surface area contributed by atoms with Crippen LogP contribution >= 0.6 is 0 Å². The van der Waals surface area contributed by atoms with E-state index in [4.69, 9.17) is 4.74 Å². The highest BCUT2D eigenvalue weighted by atomic mass is 19.2. The summed E-state index contributed by atoms with van der Waals surface area (Å²) >= 11 is 0. The minimum absolute atomic E-state index is 0.210. The van der Waals surface area contributed by atoms with Crippen LogP contribution in [0, 0.1) is 23.0 Å². The largest absolute Gasteiger partial charge is 0.371 e. The first-order valence-corrected chi connectivity index (χ1v) is 8.70. The maximum atomic E-state index is 13.6. The van der Waals surface area contributed by atoms with Crippen molar-refractivity contribution in [1.82, 2.24) is 10.2 Å². The van der Waals surface area contributed by atoms with E-state index >= 15 is 0 Å². The van der Waals surface area contributed by atoms with Gasteiger partial charge in [0.05, 0.1) is 11.7 Å². The number of aryl methyl sites for hydroxylation is 1. The van der Waals surface area contributed by atoms with Crippen LogP contribution in [0.4, 0.5) is 14.6 Å². The van der Waals surface area contributed by atoms with Crippen molar-refractivity contribution in [2.24, 2.45) is 0 Å². The third kappa shape index (κ3) is 3.37. The van der Waals surface area contributed by atoms with E-state index in [-0.39, 0.29) is 6.04 Å². The van der Waals surface area contributed by atoms with Crippen molar-refractivity contribution in [3.63, 3.8) is 0 Å². The molecule has 2 atom stereocenters. The highest BCUT2D eigenvalue weighted by molar-refractivity contribution is 5.57. The Morgan fingerprint density at radius 2 is 2.04 bits per heavy atom. The Kier molecular flexibility index (Phi) is 5.43. The van der Waals surface area contributed by atoms with Crippen LogP contribution in [-0.2, 0) is 17.6 Å². The fourth-order valence-corrected chi connectivity index (χ4v) is 3.33. The molecule has 1 saturated heterocycles. The van der Waals surface area contributed by atoms with Gasteiger partial charge in [-0.1, -0.05) is 19.9 Å². The lowest BCUT2D eigenvalue weighted by molar-refractivity contribution is 0.107. The SMILES string of the molecule is CCc1nnc(NC2CCOC2c2ccc(F)c(F)c2)c(C#N)c1CC. The number of nitrogens with zero attached hydrogens (tertiary/aromatic N) is 3. The highest BCUT2D eigenvalue weighted by Crippen LogP contribution is 2.33. The molecule has 1 aromatic heterocycles. The van der Waals surface area contributed by atoms with Gasteiger partial charge in [0, 0.05) is 6.61 Å². The standard InChI is InChI=1S/C19H20F2N4O/c1-3-12-13(10-22)19(25-24-16(12)4-2)23-17-7-8-26-18(17)11-5-6-14(20)15(21)9-11/h5-6,9,17-18H,3-4,7-8H2,1-2H3,(H,23,25). The Hall–Kier alpha value is -2.59. The van der Waals surface area contributed by atoms with Crippen molar-refractivity contribution in [3.8, 4) is 6.07 Å². The van der Waals surface area contributed by atoms with E-state index in [0.717, 1.165) is 23.4 Å². The summed E-state index contributed by atoms with van der Waals surface area (Å²) in [5.41, 5.74) is 2.73. The van der Waals surface area contributed by atoms with Gasteiger partial charge in [0.1, 0.15) is 17.7 Å². The van der Waals surface area contributed by atoms with Crippen molar-refractivity contribution >= 4 is 5.82 Å². The number of aromatic nitrogens is 2. The summed E-state index contributed by atoms with van der Waals surface area (Å²) in [6, 6.07) is 5.76. The molecule has 0 radical (unpaired) electrons. The predicted octanol–water partition coefficient (Wildman–Crippen LogP) is 3.69. The Balaban J connectivity index is 1.90. The van der Waals surface area contributed by atoms with E-state index in [0.29, 0.717) is 42.8 Å². The predicted molar refractivity (Wildman–Crippen MR) is 92.6 cm³/mol. The summed E-state index contributed by atoms with van der Waals surface area (Å²) < 4.78 is 32.5. The van der Waals surface area contributed by atoms with Crippen molar-refractivity contribution < 1.29 is 13.5 Å². The van der Waals surface area contributed by atoms with E-state index in [1.165, 1.54) is 6.07 Å². The van der Waals surface area contributed by atoms with Crippen LogP contribution in [0.3, 0.4) is 0 Å². The molecule has 0 aliphatic carbocycles. The average molecular weight is 358 g/mol. The lowest BCUT2D eigenvalue weighted by Crippen LogP contribution is -2.25. The Bertz CT molecular complexity index is 850. The summed E-state index contributed by atoms with van der Waals surface area (Å²) in [5, 5.41) is 21.2. The molecule has 1 aliphatic rings. The monoisotopic (exact) mass is 358 g/mol. The molecule has 0 bridgehead atoms. The molecule has 26 heavy (non-hydrogen) atoms. The number of hydrogen-bond acceptors (Lipinski definition) is 5. The number of ether oxygens (including phenoxy) is 1. The molecule has 3 rings (SSSR count). The van der Waals surface area contributed by atoms with Gasteiger partial charge >= 0.3 is 0 Å². The molecule has 7 heteroatoms. The van der Waals surface area contributed by atoms with Crippen molar-refractivity contribution in [1.29, 1.82) is 5.26 Å². The van der Waals surface area contributed by atoms with E-state index in [1.807, 2.05) is 13.8 Å². The lowest BCUT2D eigenvalue weighted by Gasteiger charge is -2.22. The fourth-order valence-electron chi connectivity index (χ4n) is 3.33. The number of anilines is 1. The van der Waals surface area contributed by atoms with E-state index in [9.17, 15) is 14.0 Å². The van der Waals surface area contributed by atoms with Crippen molar-refractivity contribution in [3.05, 3.63) is 52.2 Å². The first kappa shape index (κ1) is 18.2. The first-order valence-electron chi connectivity index (χ1n) is 8.70. The van der Waals surface area contributed by atoms with Gasteiger partial charge in [0.25, 0.3) is 0 Å². The average Bonchev–Trinajstić information content (AvgIpc) is 3.11. The summed E-state index contributed by atoms with van der Waals surface area (Å²) in [6.07, 6.45) is 1.60. The zero-order valence-electron chi connectivity index (χ0n) is 14.7. The van der Waals surface area contributed by atoms with Crippen LogP contribution in [0.1, 0.15) is 48.8 Å². The molecule has 0 saturated carbocycles. The Labute approximate surface area is 151 Å². The highest BCUT2D eigenvalue weighted by Gasteiger charge is 2.31. The van der Waals surface area contributed by atoms with Gasteiger partial charge < -0.3 is 10.1 Å². The van der Waals surface area contributed by atoms with Crippen molar-refractivity contribution in [2.75, 3.05) is 11.9 Å². The number of halogens is 2. The van der Waals surface area contributed by atoms with Crippen LogP contribution < -0.4 is 5.32 Å². The second kappa shape index (κ2) is 7.75. The Morgan fingerprint density at radius 1 is 1.23 bits per heavy atom. The van der Waals surface area contributed by atoms with E-state index in [2.05, 4.69) is 21.6 Å². The third-order valence-electron chi connectivity index (χ3n) is 4.64. The van der Waals surface area contributed by atoms with Gasteiger partial charge in [-0.25, -0.2) is 8.78 Å². The maximum Gasteiger partial charge on any atom is 0.167 e. The van der Waals surface area contributed by atoms with Crippen LogP contribution in [0.15, 0.2) is 18.2 Å². The molecular formula is C19H20F2N4O. The third-order valence-corrected chi connectivity index (χ3v) is 4.64. The quantitative estimate of drug-likeness (QED) is 0.883. The topological polar surface area (TPSA) is 70.8 Å². The molecule has 1 fully saturated rings. The molecule has 0 spiro atoms. The molecule has 2 aromatic rings. The van der Waals surface area contributed by atoms with Crippen LogP contribution in [0.2, 0.25) is 0 Å². The zero-order valence-corrected chi connectivity index (χ0v) is 14.7. The summed E-state index contributed by atoms with van der Waals surface area (Å²) in [6.45, 7) is 4.43. The van der Waals surface area contributed by atoms with E-state index < -0.39 is 17.7 Å². The maximum absolute atomic E-state index is 13.6. The molecule has 1 N–H and O–H groups in total. The Morgan fingerprint density at radius 3 is 2.69 bits per heavy atom. The molecule has 2 unspecified atom stereocenters. The van der Waals surface area contributed by atoms with Gasteiger partial charge in [-0.2, -0.15) is 10.4 Å². The van der Waals surface area contributed by atoms with Crippen LogP contribution in [0.25, 0.3) is 0 Å². The number of rotatable bonds is 5. The van der Waals surface area contributed by atoms with Crippen molar-refractivity contribution in [2.45, 2.75) is 45.3 Å². The second-order valence-electron chi connectivity index (χ2n) is 6.17. The number of nitrogens with one attached hydrogen (secondary N) is 1. The molecule has 2 heterocycles. The molecule has 0 amide bonds. The molecule has 1 aliphatic heterocycles. The summed E-state index contributed by atoms with van der Waals surface area (Å²) in [7, 11) is 0. The number of hydrogen-bond donors (Lipinski definition) is 1.